The van der Waals surface area contributed by atoms with Gasteiger partial charge in [-0.1, -0.05) is 18.2 Å². The van der Waals surface area contributed by atoms with Crippen LogP contribution in [0, 0.1) is 0 Å². The number of likely N-dealkylation sites (tertiary alicyclic amines) is 1. The molecular weight excluding hydrogens is 353 g/mol. The predicted octanol–water partition coefficient (Wildman–Crippen LogP) is 3.73. The lowest BCUT2D eigenvalue weighted by molar-refractivity contribution is -0.141. The molecule has 1 fully saturated rings. The van der Waals surface area contributed by atoms with Gasteiger partial charge >= 0.3 is 6.18 Å². The van der Waals surface area contributed by atoms with Crippen LogP contribution in [0.15, 0.2) is 47.4 Å². The van der Waals surface area contributed by atoms with Crippen LogP contribution >= 0.6 is 11.8 Å². The van der Waals surface area contributed by atoms with Crippen molar-refractivity contribution in [1.29, 1.82) is 0 Å². The Hall–Kier alpha value is -2.22. The summed E-state index contributed by atoms with van der Waals surface area (Å²) in [6.07, 6.45) is -2.97. The van der Waals surface area contributed by atoms with E-state index in [0.29, 0.717) is 18.7 Å². The molecule has 1 saturated heterocycles. The topological polar surface area (TPSA) is 42.4 Å². The molecule has 1 aromatic carbocycles. The molecule has 0 bridgehead atoms. The van der Waals surface area contributed by atoms with Crippen molar-refractivity contribution < 1.29 is 22.7 Å². The van der Waals surface area contributed by atoms with Crippen LogP contribution in [0.4, 0.5) is 13.2 Å². The maximum atomic E-state index is 12.7. The van der Waals surface area contributed by atoms with E-state index in [0.717, 1.165) is 11.0 Å². The van der Waals surface area contributed by atoms with Crippen LogP contribution in [0.25, 0.3) is 0 Å². The van der Waals surface area contributed by atoms with Crippen LogP contribution in [-0.2, 0) is 6.18 Å². The Kier molecular flexibility index (Phi) is 4.89. The summed E-state index contributed by atoms with van der Waals surface area (Å²) in [5, 5.41) is 0. The summed E-state index contributed by atoms with van der Waals surface area (Å²) in [5.41, 5.74) is -0.378. The average Bonchev–Trinajstić information content (AvgIpc) is 2.56. The van der Waals surface area contributed by atoms with Crippen LogP contribution in [0.5, 0.6) is 5.88 Å². The molecule has 1 amide bonds. The van der Waals surface area contributed by atoms with Gasteiger partial charge in [0.05, 0.1) is 18.7 Å². The highest BCUT2D eigenvalue weighted by Crippen LogP contribution is 2.29. The van der Waals surface area contributed by atoms with Crippen LogP contribution in [0.1, 0.15) is 16.1 Å². The first-order valence-electron chi connectivity index (χ1n) is 7.51. The average molecular weight is 368 g/mol. The lowest BCUT2D eigenvalue weighted by Crippen LogP contribution is -2.56. The summed E-state index contributed by atoms with van der Waals surface area (Å²) in [7, 11) is 0. The molecule has 3 rings (SSSR count). The largest absolute Gasteiger partial charge is 0.471 e. The Morgan fingerprint density at radius 1 is 1.20 bits per heavy atom. The summed E-state index contributed by atoms with van der Waals surface area (Å²) < 4.78 is 43.4. The third-order valence-electron chi connectivity index (χ3n) is 3.77. The molecule has 4 nitrogen and oxygen atoms in total. The normalized spacial score (nSPS) is 15.0. The Balaban J connectivity index is 1.61. The van der Waals surface area contributed by atoms with Crippen LogP contribution in [-0.4, -0.2) is 41.2 Å². The summed E-state index contributed by atoms with van der Waals surface area (Å²) in [6, 6.07) is 10.8. The van der Waals surface area contributed by atoms with Crippen molar-refractivity contribution >= 4 is 17.7 Å². The summed E-state index contributed by atoms with van der Waals surface area (Å²) in [4.78, 5) is 18.4. The van der Waals surface area contributed by atoms with E-state index in [-0.39, 0.29) is 17.9 Å². The first-order valence-corrected chi connectivity index (χ1v) is 8.74. The third kappa shape index (κ3) is 3.89. The fraction of sp³-hybridized carbons (Fsp3) is 0.294. The van der Waals surface area contributed by atoms with Crippen LogP contribution in [0.2, 0.25) is 0 Å². The second kappa shape index (κ2) is 6.95. The number of amides is 1. The van der Waals surface area contributed by atoms with Gasteiger partial charge in [-0.3, -0.25) is 4.79 Å². The molecule has 2 heterocycles. The molecule has 1 aliphatic heterocycles. The Morgan fingerprint density at radius 2 is 1.92 bits per heavy atom. The fourth-order valence-corrected chi connectivity index (χ4v) is 3.07. The molecule has 0 radical (unpaired) electrons. The Morgan fingerprint density at radius 3 is 2.60 bits per heavy atom. The van der Waals surface area contributed by atoms with Gasteiger partial charge in [-0.15, -0.1) is 11.8 Å². The van der Waals surface area contributed by atoms with E-state index in [1.807, 2.05) is 18.4 Å². The Labute approximate surface area is 147 Å². The van der Waals surface area contributed by atoms with E-state index in [9.17, 15) is 18.0 Å². The highest BCUT2D eigenvalue weighted by atomic mass is 32.2. The second-order valence-corrected chi connectivity index (χ2v) is 6.36. The second-order valence-electron chi connectivity index (χ2n) is 5.51. The molecule has 0 atom stereocenters. The van der Waals surface area contributed by atoms with Gasteiger partial charge in [0, 0.05) is 11.0 Å². The van der Waals surface area contributed by atoms with Gasteiger partial charge in [-0.25, -0.2) is 4.98 Å². The third-order valence-corrected chi connectivity index (χ3v) is 4.57. The van der Waals surface area contributed by atoms with Crippen LogP contribution in [0.3, 0.4) is 0 Å². The molecule has 132 valence electrons. The monoisotopic (exact) mass is 368 g/mol. The van der Waals surface area contributed by atoms with Crippen molar-refractivity contribution in [1.82, 2.24) is 9.88 Å². The number of thioether (sulfide) groups is 1. The maximum absolute atomic E-state index is 12.7. The number of ether oxygens (including phenoxy) is 1. The minimum atomic E-state index is -4.51. The molecule has 1 aromatic heterocycles. The standard InChI is InChI=1S/C17H15F3N2O2S/c1-25-13-6-3-2-5-12(13)16(23)22-9-11(10-22)24-15-8-4-7-14(21-15)17(18,19)20/h2-8,11H,9-10H2,1H3. The zero-order valence-electron chi connectivity index (χ0n) is 13.3. The number of nitrogens with zero attached hydrogens (tertiary/aromatic N) is 2. The number of alkyl halides is 3. The zero-order chi connectivity index (χ0) is 18.0. The van der Waals surface area contributed by atoms with E-state index < -0.39 is 11.9 Å². The van der Waals surface area contributed by atoms with Gasteiger partial charge in [0.25, 0.3) is 5.91 Å². The van der Waals surface area contributed by atoms with Crippen molar-refractivity contribution in [3.05, 3.63) is 53.7 Å². The lowest BCUT2D eigenvalue weighted by atomic mass is 10.1. The molecule has 25 heavy (non-hydrogen) atoms. The van der Waals surface area contributed by atoms with Crippen molar-refractivity contribution in [3.8, 4) is 5.88 Å². The molecule has 0 saturated carbocycles. The van der Waals surface area contributed by atoms with E-state index in [2.05, 4.69) is 4.98 Å². The highest BCUT2D eigenvalue weighted by Gasteiger charge is 2.35. The van der Waals surface area contributed by atoms with E-state index >= 15 is 0 Å². The minimum Gasteiger partial charge on any atom is -0.471 e. The number of rotatable bonds is 4. The predicted molar refractivity (Wildman–Crippen MR) is 87.8 cm³/mol. The summed E-state index contributed by atoms with van der Waals surface area (Å²) in [6.45, 7) is 0.638. The number of carbonyl (C=O) groups is 1. The van der Waals surface area contributed by atoms with Crippen molar-refractivity contribution in [2.24, 2.45) is 0 Å². The number of halogens is 3. The van der Waals surface area contributed by atoms with Gasteiger partial charge in [0.15, 0.2) is 0 Å². The first-order chi connectivity index (χ1) is 11.9. The molecule has 0 spiro atoms. The highest BCUT2D eigenvalue weighted by molar-refractivity contribution is 7.98. The molecule has 1 aliphatic rings. The number of benzene rings is 1. The molecule has 0 N–H and O–H groups in total. The van der Waals surface area contributed by atoms with Gasteiger partial charge in [-0.2, -0.15) is 13.2 Å². The van der Waals surface area contributed by atoms with Gasteiger partial charge < -0.3 is 9.64 Å². The van der Waals surface area contributed by atoms with Crippen molar-refractivity contribution in [3.63, 3.8) is 0 Å². The zero-order valence-corrected chi connectivity index (χ0v) is 14.1. The lowest BCUT2D eigenvalue weighted by Gasteiger charge is -2.39. The van der Waals surface area contributed by atoms with E-state index in [1.165, 1.54) is 23.9 Å². The number of hydrogen-bond acceptors (Lipinski definition) is 4. The van der Waals surface area contributed by atoms with Gasteiger partial charge in [0.2, 0.25) is 5.88 Å². The summed E-state index contributed by atoms with van der Waals surface area (Å²) in [5.74, 6) is -0.196. The number of pyridine rings is 1. The maximum Gasteiger partial charge on any atom is 0.433 e. The number of hydrogen-bond donors (Lipinski definition) is 0. The van der Waals surface area contributed by atoms with Crippen molar-refractivity contribution in [2.45, 2.75) is 17.2 Å². The number of carbonyl (C=O) groups excluding carboxylic acids is 1. The smallest absolute Gasteiger partial charge is 0.433 e. The number of aromatic nitrogens is 1. The quantitative estimate of drug-likeness (QED) is 0.772. The van der Waals surface area contributed by atoms with E-state index in [1.54, 1.807) is 17.0 Å². The fourth-order valence-electron chi connectivity index (χ4n) is 2.48. The van der Waals surface area contributed by atoms with Crippen molar-refractivity contribution in [2.75, 3.05) is 19.3 Å². The molecule has 2 aromatic rings. The van der Waals surface area contributed by atoms with Gasteiger partial charge in [0.1, 0.15) is 11.8 Å². The molecule has 0 aliphatic carbocycles. The minimum absolute atomic E-state index is 0.0866. The SMILES string of the molecule is CSc1ccccc1C(=O)N1CC(Oc2cccc(C(F)(F)F)n2)C1. The molecule has 0 unspecified atom stereocenters. The summed E-state index contributed by atoms with van der Waals surface area (Å²) >= 11 is 1.49. The first kappa shape index (κ1) is 17.6. The van der Waals surface area contributed by atoms with Gasteiger partial charge in [-0.05, 0) is 24.5 Å². The Bertz CT molecular complexity index is 776. The van der Waals surface area contributed by atoms with E-state index in [4.69, 9.17) is 4.74 Å². The molecule has 8 heteroatoms. The molecular formula is C17H15F3N2O2S. The van der Waals surface area contributed by atoms with Crippen LogP contribution < -0.4 is 4.74 Å².